The van der Waals surface area contributed by atoms with Crippen LogP contribution in [0.15, 0.2) is 29.4 Å². The van der Waals surface area contributed by atoms with Gasteiger partial charge in [0.2, 0.25) is 11.9 Å². The Balaban J connectivity index is 1.93. The van der Waals surface area contributed by atoms with E-state index >= 15 is 0 Å². The zero-order chi connectivity index (χ0) is 23.3. The maximum absolute atomic E-state index is 12.9. The molecule has 0 unspecified atom stereocenters. The van der Waals surface area contributed by atoms with E-state index in [0.29, 0.717) is 10.9 Å². The SMILES string of the molecule is COc1ccccc1-n1c(S[C@H](C)C(=O)N[C@@](C)(C#N)C(C)C)nnc1N1CCCCC1. The molecule has 2 heterocycles. The Bertz CT molecular complexity index is 979. The van der Waals surface area contributed by atoms with E-state index in [9.17, 15) is 10.1 Å². The normalized spacial score (nSPS) is 16.8. The zero-order valence-corrected chi connectivity index (χ0v) is 20.3. The van der Waals surface area contributed by atoms with Crippen molar-refractivity contribution in [1.29, 1.82) is 5.26 Å². The lowest BCUT2D eigenvalue weighted by atomic mass is 9.90. The first-order valence-corrected chi connectivity index (χ1v) is 11.9. The summed E-state index contributed by atoms with van der Waals surface area (Å²) in [5.41, 5.74) is -0.0963. The van der Waals surface area contributed by atoms with Crippen LogP contribution < -0.4 is 15.0 Å². The molecule has 1 fully saturated rings. The first-order valence-electron chi connectivity index (χ1n) is 11.0. The summed E-state index contributed by atoms with van der Waals surface area (Å²) in [4.78, 5) is 15.2. The maximum Gasteiger partial charge on any atom is 0.234 e. The number of hydrogen-bond donors (Lipinski definition) is 1. The fraction of sp³-hybridized carbons (Fsp3) is 0.565. The summed E-state index contributed by atoms with van der Waals surface area (Å²) < 4.78 is 7.58. The molecule has 0 bridgehead atoms. The fourth-order valence-corrected chi connectivity index (χ4v) is 4.39. The lowest BCUT2D eigenvalue weighted by molar-refractivity contribution is -0.121. The topological polar surface area (TPSA) is 96.1 Å². The van der Waals surface area contributed by atoms with Gasteiger partial charge in [0.15, 0.2) is 5.16 Å². The molecular weight excluding hydrogens is 424 g/mol. The number of nitriles is 1. The number of carbonyl (C=O) groups is 1. The number of para-hydroxylation sites is 2. The lowest BCUT2D eigenvalue weighted by Crippen LogP contribution is -2.51. The first kappa shape index (κ1) is 23.9. The number of anilines is 1. The quantitative estimate of drug-likeness (QED) is 0.604. The number of nitrogens with one attached hydrogen (secondary N) is 1. The molecule has 0 radical (unpaired) electrons. The Morgan fingerprint density at radius 3 is 2.53 bits per heavy atom. The van der Waals surface area contributed by atoms with Crippen molar-refractivity contribution >= 4 is 23.6 Å². The highest BCUT2D eigenvalue weighted by atomic mass is 32.2. The first-order chi connectivity index (χ1) is 15.3. The van der Waals surface area contributed by atoms with Crippen LogP contribution in [-0.4, -0.2) is 51.7 Å². The molecule has 8 nitrogen and oxygen atoms in total. The van der Waals surface area contributed by atoms with Crippen molar-refractivity contribution in [2.24, 2.45) is 5.92 Å². The molecule has 1 N–H and O–H groups in total. The van der Waals surface area contributed by atoms with Gasteiger partial charge in [0.25, 0.3) is 0 Å². The Kier molecular flexibility index (Phi) is 7.67. The van der Waals surface area contributed by atoms with Crippen LogP contribution in [0.1, 0.15) is 47.0 Å². The van der Waals surface area contributed by atoms with Crippen LogP contribution in [0.4, 0.5) is 5.95 Å². The van der Waals surface area contributed by atoms with Gasteiger partial charge in [-0.3, -0.25) is 9.36 Å². The average molecular weight is 457 g/mol. The monoisotopic (exact) mass is 456 g/mol. The minimum atomic E-state index is -0.929. The number of thioether (sulfide) groups is 1. The Hall–Kier alpha value is -2.73. The number of amides is 1. The van der Waals surface area contributed by atoms with Crippen molar-refractivity contribution in [3.63, 3.8) is 0 Å². The highest BCUT2D eigenvalue weighted by Gasteiger charge is 2.33. The number of ether oxygens (including phenoxy) is 1. The molecule has 3 rings (SSSR count). The average Bonchev–Trinajstić information content (AvgIpc) is 3.22. The molecular formula is C23H32N6O2S. The van der Waals surface area contributed by atoms with E-state index in [1.807, 2.05) is 49.6 Å². The van der Waals surface area contributed by atoms with E-state index in [1.165, 1.54) is 18.2 Å². The number of benzene rings is 1. The van der Waals surface area contributed by atoms with Crippen molar-refractivity contribution in [2.75, 3.05) is 25.1 Å². The van der Waals surface area contributed by atoms with Gasteiger partial charge in [-0.05, 0) is 51.2 Å². The highest BCUT2D eigenvalue weighted by molar-refractivity contribution is 8.00. The van der Waals surface area contributed by atoms with Gasteiger partial charge < -0.3 is 15.0 Å². The van der Waals surface area contributed by atoms with E-state index in [-0.39, 0.29) is 11.8 Å². The minimum Gasteiger partial charge on any atom is -0.495 e. The van der Waals surface area contributed by atoms with Crippen molar-refractivity contribution in [2.45, 2.75) is 62.9 Å². The van der Waals surface area contributed by atoms with Crippen LogP contribution in [0.5, 0.6) is 5.75 Å². The molecule has 1 aromatic heterocycles. The van der Waals surface area contributed by atoms with E-state index < -0.39 is 10.8 Å². The second kappa shape index (κ2) is 10.3. The molecule has 172 valence electrons. The number of hydrogen-bond acceptors (Lipinski definition) is 7. The smallest absolute Gasteiger partial charge is 0.234 e. The molecule has 2 atom stereocenters. The van der Waals surface area contributed by atoms with Gasteiger partial charge in [-0.2, -0.15) is 5.26 Å². The molecule has 2 aromatic rings. The summed E-state index contributed by atoms with van der Waals surface area (Å²) in [6.07, 6.45) is 3.44. The third-order valence-corrected chi connectivity index (χ3v) is 7.05. The van der Waals surface area contributed by atoms with Crippen molar-refractivity contribution in [3.05, 3.63) is 24.3 Å². The van der Waals surface area contributed by atoms with E-state index in [4.69, 9.17) is 4.74 Å². The fourth-order valence-electron chi connectivity index (χ4n) is 3.53. The van der Waals surface area contributed by atoms with Gasteiger partial charge in [-0.1, -0.05) is 37.7 Å². The summed E-state index contributed by atoms with van der Waals surface area (Å²) in [6.45, 7) is 9.25. The largest absolute Gasteiger partial charge is 0.495 e. The molecule has 1 saturated heterocycles. The summed E-state index contributed by atoms with van der Waals surface area (Å²) in [5, 5.41) is 21.6. The van der Waals surface area contributed by atoms with Gasteiger partial charge in [-0.15, -0.1) is 10.2 Å². The number of piperidine rings is 1. The minimum absolute atomic E-state index is 0.0170. The van der Waals surface area contributed by atoms with E-state index in [0.717, 1.165) is 37.6 Å². The Morgan fingerprint density at radius 1 is 1.22 bits per heavy atom. The molecule has 1 aliphatic rings. The van der Waals surface area contributed by atoms with Gasteiger partial charge in [0.05, 0.1) is 24.1 Å². The summed E-state index contributed by atoms with van der Waals surface area (Å²) in [5.74, 6) is 1.24. The van der Waals surface area contributed by atoms with Crippen LogP contribution in [0.2, 0.25) is 0 Å². The van der Waals surface area contributed by atoms with Crippen LogP contribution in [0.3, 0.4) is 0 Å². The molecule has 0 aliphatic carbocycles. The van der Waals surface area contributed by atoms with Gasteiger partial charge in [-0.25, -0.2) is 0 Å². The van der Waals surface area contributed by atoms with E-state index in [1.54, 1.807) is 14.0 Å². The van der Waals surface area contributed by atoms with Gasteiger partial charge in [0, 0.05) is 13.1 Å². The number of methoxy groups -OCH3 is 1. The van der Waals surface area contributed by atoms with Gasteiger partial charge in [0.1, 0.15) is 11.3 Å². The summed E-state index contributed by atoms with van der Waals surface area (Å²) in [6, 6.07) is 9.97. The molecule has 0 spiro atoms. The van der Waals surface area contributed by atoms with Crippen LogP contribution in [0.25, 0.3) is 5.69 Å². The molecule has 9 heteroatoms. The lowest BCUT2D eigenvalue weighted by Gasteiger charge is -2.29. The summed E-state index contributed by atoms with van der Waals surface area (Å²) in [7, 11) is 1.64. The van der Waals surface area contributed by atoms with Crippen molar-refractivity contribution in [1.82, 2.24) is 20.1 Å². The molecule has 1 aromatic carbocycles. The molecule has 0 saturated carbocycles. The third-order valence-electron chi connectivity index (χ3n) is 6.00. The van der Waals surface area contributed by atoms with E-state index in [2.05, 4.69) is 26.5 Å². The third kappa shape index (κ3) is 5.01. The second-order valence-electron chi connectivity index (χ2n) is 8.56. The van der Waals surface area contributed by atoms with Crippen LogP contribution >= 0.6 is 11.8 Å². The maximum atomic E-state index is 12.9. The number of aromatic nitrogens is 3. The van der Waals surface area contributed by atoms with Crippen LogP contribution in [0, 0.1) is 17.2 Å². The highest BCUT2D eigenvalue weighted by Crippen LogP contribution is 2.34. The Labute approximate surface area is 194 Å². The number of carbonyl (C=O) groups excluding carboxylic acids is 1. The predicted molar refractivity (Wildman–Crippen MR) is 126 cm³/mol. The molecule has 1 aliphatic heterocycles. The molecule has 1 amide bonds. The van der Waals surface area contributed by atoms with Crippen molar-refractivity contribution in [3.8, 4) is 17.5 Å². The second-order valence-corrected chi connectivity index (χ2v) is 9.86. The number of nitrogens with zero attached hydrogens (tertiary/aromatic N) is 5. The zero-order valence-electron chi connectivity index (χ0n) is 19.5. The molecule has 32 heavy (non-hydrogen) atoms. The number of rotatable bonds is 8. The predicted octanol–water partition coefficient (Wildman–Crippen LogP) is 3.80. The van der Waals surface area contributed by atoms with Crippen LogP contribution in [-0.2, 0) is 4.79 Å². The standard InChI is InChI=1S/C23H32N6O2S/c1-16(2)23(4,15-24)25-20(30)17(3)32-22-27-26-21(28-13-9-6-10-14-28)29(22)18-11-7-8-12-19(18)31-5/h7-8,11-12,16-17H,6,9-10,13-14H2,1-5H3,(H,25,30)/t17-,23+/m1/s1. The van der Waals surface area contributed by atoms with Gasteiger partial charge >= 0.3 is 0 Å². The Morgan fingerprint density at radius 2 is 1.91 bits per heavy atom. The van der Waals surface area contributed by atoms with Crippen molar-refractivity contribution < 1.29 is 9.53 Å². The summed E-state index contributed by atoms with van der Waals surface area (Å²) >= 11 is 1.33.